The minimum atomic E-state index is -1.06. The smallest absolute Gasteiger partial charge is 0.335 e. The summed E-state index contributed by atoms with van der Waals surface area (Å²) < 4.78 is 11.1. The molecule has 1 saturated heterocycles. The minimum Gasteiger partial charge on any atom is -0.507 e. The van der Waals surface area contributed by atoms with E-state index in [1.165, 1.54) is 24.1 Å². The number of Topliss-reactive ketones (excluding diaryl/α,β-unsaturated/α-hetero) is 1. The third-order valence-corrected chi connectivity index (χ3v) is 6.49. The lowest BCUT2D eigenvalue weighted by atomic mass is 9.94. The number of benzene rings is 3. The summed E-state index contributed by atoms with van der Waals surface area (Å²) in [7, 11) is 1.50. The van der Waals surface area contributed by atoms with E-state index in [9.17, 15) is 24.6 Å². The average molecular weight is 485 g/mol. The number of hydrogen-bond acceptors (Lipinski definition) is 6. The van der Waals surface area contributed by atoms with Gasteiger partial charge in [0, 0.05) is 24.1 Å². The predicted octanol–water partition coefficient (Wildman–Crippen LogP) is 3.95. The third kappa shape index (κ3) is 3.96. The Morgan fingerprint density at radius 1 is 1.03 bits per heavy atom. The zero-order valence-corrected chi connectivity index (χ0v) is 19.4. The van der Waals surface area contributed by atoms with Crippen LogP contribution in [0.5, 0.6) is 11.5 Å². The van der Waals surface area contributed by atoms with E-state index in [-0.39, 0.29) is 23.4 Å². The second-order valence-corrected chi connectivity index (χ2v) is 8.59. The third-order valence-electron chi connectivity index (χ3n) is 6.49. The first-order chi connectivity index (χ1) is 17.4. The van der Waals surface area contributed by atoms with Gasteiger partial charge in [0.25, 0.3) is 11.7 Å². The highest BCUT2D eigenvalue weighted by Crippen LogP contribution is 2.43. The number of amides is 1. The number of nitrogens with zero attached hydrogens (tertiary/aromatic N) is 1. The number of carboxylic acid groups (broad SMARTS) is 1. The number of ether oxygens (including phenoxy) is 2. The maximum absolute atomic E-state index is 13.3. The Morgan fingerprint density at radius 3 is 2.47 bits per heavy atom. The van der Waals surface area contributed by atoms with Gasteiger partial charge in [0.2, 0.25) is 0 Å². The van der Waals surface area contributed by atoms with Gasteiger partial charge < -0.3 is 24.6 Å². The molecule has 1 atom stereocenters. The molecule has 0 aliphatic carbocycles. The summed E-state index contributed by atoms with van der Waals surface area (Å²) in [6.07, 6.45) is 0.688. The van der Waals surface area contributed by atoms with Crippen LogP contribution in [0.15, 0.2) is 72.3 Å². The molecule has 2 aliphatic rings. The molecule has 1 unspecified atom stereocenters. The number of carboxylic acids is 1. The van der Waals surface area contributed by atoms with Crippen molar-refractivity contribution in [2.24, 2.45) is 0 Å². The number of aliphatic hydroxyl groups excluding tert-OH is 1. The van der Waals surface area contributed by atoms with E-state index in [0.29, 0.717) is 35.5 Å². The van der Waals surface area contributed by atoms with Crippen molar-refractivity contribution in [2.75, 3.05) is 13.7 Å². The number of likely N-dealkylation sites (tertiary alicyclic amines) is 1. The molecule has 2 aliphatic heterocycles. The largest absolute Gasteiger partial charge is 0.507 e. The van der Waals surface area contributed by atoms with Crippen LogP contribution in [0, 0.1) is 0 Å². The predicted molar refractivity (Wildman–Crippen MR) is 130 cm³/mol. The van der Waals surface area contributed by atoms with E-state index in [1.54, 1.807) is 54.6 Å². The molecule has 3 aromatic rings. The van der Waals surface area contributed by atoms with Crippen molar-refractivity contribution in [3.63, 3.8) is 0 Å². The summed E-state index contributed by atoms with van der Waals surface area (Å²) >= 11 is 0. The van der Waals surface area contributed by atoms with Gasteiger partial charge in [0.05, 0.1) is 30.9 Å². The molecule has 2 N–H and O–H groups in total. The fraction of sp³-hybridized carbons (Fsp3) is 0.179. The monoisotopic (exact) mass is 485 g/mol. The number of rotatable bonds is 6. The maximum Gasteiger partial charge on any atom is 0.335 e. The van der Waals surface area contributed by atoms with Crippen LogP contribution in [0.25, 0.3) is 5.76 Å². The van der Waals surface area contributed by atoms with Gasteiger partial charge in [-0.3, -0.25) is 9.59 Å². The summed E-state index contributed by atoms with van der Waals surface area (Å²) in [6, 6.07) is 17.4. The highest BCUT2D eigenvalue weighted by Gasteiger charge is 2.47. The summed E-state index contributed by atoms with van der Waals surface area (Å²) in [5.74, 6) is -1.71. The van der Waals surface area contributed by atoms with Crippen molar-refractivity contribution >= 4 is 23.4 Å². The fourth-order valence-electron chi connectivity index (χ4n) is 4.70. The number of carbonyl (C=O) groups is 3. The fourth-order valence-corrected chi connectivity index (χ4v) is 4.70. The Kier molecular flexibility index (Phi) is 5.93. The van der Waals surface area contributed by atoms with Gasteiger partial charge in [0.1, 0.15) is 17.3 Å². The molecule has 2 heterocycles. The van der Waals surface area contributed by atoms with E-state index in [4.69, 9.17) is 9.47 Å². The van der Waals surface area contributed by atoms with Crippen LogP contribution in [0.1, 0.15) is 38.7 Å². The molecule has 5 rings (SSSR count). The van der Waals surface area contributed by atoms with E-state index in [0.717, 1.165) is 11.3 Å². The Balaban J connectivity index is 1.63. The van der Waals surface area contributed by atoms with E-state index in [1.807, 2.05) is 0 Å². The Morgan fingerprint density at radius 2 is 1.75 bits per heavy atom. The number of methoxy groups -OCH3 is 1. The number of fused-ring (bicyclic) bond motifs is 1. The van der Waals surface area contributed by atoms with Crippen molar-refractivity contribution in [2.45, 2.75) is 19.0 Å². The number of ketones is 1. The van der Waals surface area contributed by atoms with Gasteiger partial charge in [0.15, 0.2) is 0 Å². The molecule has 8 nitrogen and oxygen atoms in total. The molecule has 36 heavy (non-hydrogen) atoms. The van der Waals surface area contributed by atoms with Crippen LogP contribution < -0.4 is 9.47 Å². The second-order valence-electron chi connectivity index (χ2n) is 8.59. The van der Waals surface area contributed by atoms with Gasteiger partial charge in [-0.15, -0.1) is 0 Å². The van der Waals surface area contributed by atoms with E-state index in [2.05, 4.69) is 0 Å². The molecule has 1 amide bonds. The summed E-state index contributed by atoms with van der Waals surface area (Å²) in [6.45, 7) is 0.577. The Bertz CT molecular complexity index is 1410. The van der Waals surface area contributed by atoms with Crippen molar-refractivity contribution in [1.29, 1.82) is 0 Å². The SMILES string of the molecule is COc1ccccc1C1/C(=C(\O)c2ccc3c(c2)CCO3)C(=O)C(=O)N1Cc1ccc(C(=O)O)cc1. The van der Waals surface area contributed by atoms with Gasteiger partial charge >= 0.3 is 5.97 Å². The van der Waals surface area contributed by atoms with Gasteiger partial charge in [-0.1, -0.05) is 30.3 Å². The van der Waals surface area contributed by atoms with Crippen molar-refractivity contribution in [3.8, 4) is 11.5 Å². The first-order valence-corrected chi connectivity index (χ1v) is 11.4. The lowest BCUT2D eigenvalue weighted by molar-refractivity contribution is -0.140. The van der Waals surface area contributed by atoms with Crippen LogP contribution >= 0.6 is 0 Å². The highest BCUT2D eigenvalue weighted by molar-refractivity contribution is 6.46. The molecular formula is C28H23NO7. The molecule has 0 radical (unpaired) electrons. The summed E-state index contributed by atoms with van der Waals surface area (Å²) in [4.78, 5) is 39.2. The van der Waals surface area contributed by atoms with E-state index >= 15 is 0 Å². The summed E-state index contributed by atoms with van der Waals surface area (Å²) in [5.41, 5.74) is 2.60. The summed E-state index contributed by atoms with van der Waals surface area (Å²) in [5, 5.41) is 20.5. The van der Waals surface area contributed by atoms with Crippen molar-refractivity contribution in [1.82, 2.24) is 4.90 Å². The van der Waals surface area contributed by atoms with Gasteiger partial charge in [-0.05, 0) is 47.5 Å². The van der Waals surface area contributed by atoms with Crippen LogP contribution in [0.4, 0.5) is 0 Å². The lowest BCUT2D eigenvalue weighted by Gasteiger charge is -2.26. The number of carbonyl (C=O) groups excluding carboxylic acids is 2. The first-order valence-electron chi connectivity index (χ1n) is 11.4. The molecule has 0 aromatic heterocycles. The zero-order valence-electron chi connectivity index (χ0n) is 19.4. The molecular weight excluding hydrogens is 462 g/mol. The highest BCUT2D eigenvalue weighted by atomic mass is 16.5. The first kappa shape index (κ1) is 23.2. The second kappa shape index (κ2) is 9.22. The van der Waals surface area contributed by atoms with Gasteiger partial charge in [-0.2, -0.15) is 0 Å². The number of para-hydroxylation sites is 1. The molecule has 0 bridgehead atoms. The van der Waals surface area contributed by atoms with Gasteiger partial charge in [-0.25, -0.2) is 4.79 Å². The number of aliphatic hydroxyl groups is 1. The molecule has 1 fully saturated rings. The maximum atomic E-state index is 13.3. The number of hydrogen-bond donors (Lipinski definition) is 2. The molecule has 3 aromatic carbocycles. The molecule has 0 saturated carbocycles. The van der Waals surface area contributed by atoms with Crippen LogP contribution in [-0.2, 0) is 22.6 Å². The standard InChI is InChI=1S/C28H23NO7/c1-35-22-5-3-2-4-20(22)24-23(25(30)19-10-11-21-18(14-19)12-13-36-21)26(31)27(32)29(24)15-16-6-8-17(9-7-16)28(33)34/h2-11,14,24,30H,12-13,15H2,1H3,(H,33,34)/b25-23+. The Hall–Kier alpha value is -4.59. The van der Waals surface area contributed by atoms with Crippen LogP contribution in [-0.4, -0.2) is 46.5 Å². The molecule has 0 spiro atoms. The zero-order chi connectivity index (χ0) is 25.4. The topological polar surface area (TPSA) is 113 Å². The quantitative estimate of drug-likeness (QED) is 0.309. The van der Waals surface area contributed by atoms with Crippen molar-refractivity contribution in [3.05, 3.63) is 100 Å². The normalized spacial score (nSPS) is 18.1. The van der Waals surface area contributed by atoms with Crippen molar-refractivity contribution < 1.29 is 34.1 Å². The van der Waals surface area contributed by atoms with E-state index < -0.39 is 23.7 Å². The Labute approximate surface area is 207 Å². The lowest BCUT2D eigenvalue weighted by Crippen LogP contribution is -2.29. The van der Waals surface area contributed by atoms with Crippen LogP contribution in [0.2, 0.25) is 0 Å². The molecule has 182 valence electrons. The minimum absolute atomic E-state index is 0.0298. The average Bonchev–Trinajstić information content (AvgIpc) is 3.46. The number of aromatic carboxylic acids is 1. The van der Waals surface area contributed by atoms with Crippen LogP contribution in [0.3, 0.4) is 0 Å². The molecule has 8 heteroatoms.